The molecule has 4 rings (SSSR count). The summed E-state index contributed by atoms with van der Waals surface area (Å²) in [4.78, 5) is 40.4. The number of fused-ring (bicyclic) bond motifs is 5. The molecule has 0 aromatic carbocycles. The first kappa shape index (κ1) is 29.5. The van der Waals surface area contributed by atoms with E-state index in [1.54, 1.807) is 13.8 Å². The summed E-state index contributed by atoms with van der Waals surface area (Å²) in [5.74, 6) is -2.49. The number of hydrogen-bond donors (Lipinski definition) is 5. The van der Waals surface area contributed by atoms with Crippen LogP contribution in [-0.4, -0.2) is 72.4 Å². The molecule has 0 aromatic heterocycles. The second kappa shape index (κ2) is 8.53. The minimum atomic E-state index is -2.04. The molecule has 8 heteroatoms. The van der Waals surface area contributed by atoms with Crippen LogP contribution in [0.25, 0.3) is 0 Å². The van der Waals surface area contributed by atoms with Crippen LogP contribution in [0, 0.1) is 39.4 Å². The fourth-order valence-electron chi connectivity index (χ4n) is 9.20. The van der Waals surface area contributed by atoms with Crippen molar-refractivity contribution in [3.8, 4) is 0 Å². The van der Waals surface area contributed by atoms with Gasteiger partial charge in [-0.1, -0.05) is 32.4 Å². The highest BCUT2D eigenvalue weighted by atomic mass is 16.3. The Balaban J connectivity index is 1.77. The van der Waals surface area contributed by atoms with Crippen molar-refractivity contribution in [2.24, 2.45) is 39.4 Å². The van der Waals surface area contributed by atoms with Gasteiger partial charge in [-0.2, -0.15) is 0 Å². The Kier molecular flexibility index (Phi) is 6.63. The fourth-order valence-corrected chi connectivity index (χ4v) is 9.20. The van der Waals surface area contributed by atoms with Gasteiger partial charge in [0.05, 0.1) is 17.8 Å². The van der Waals surface area contributed by atoms with Crippen molar-refractivity contribution in [1.82, 2.24) is 0 Å². The maximum Gasteiger partial charge on any atom is 0.170 e. The van der Waals surface area contributed by atoms with Crippen molar-refractivity contribution in [3.05, 3.63) is 11.6 Å². The highest BCUT2D eigenvalue weighted by Gasteiger charge is 2.74. The molecule has 3 fully saturated rings. The Morgan fingerprint density at radius 2 is 1.63 bits per heavy atom. The lowest BCUT2D eigenvalue weighted by Gasteiger charge is -2.64. The molecule has 0 saturated heterocycles. The van der Waals surface area contributed by atoms with Crippen LogP contribution in [0.1, 0.15) is 87.5 Å². The normalized spacial score (nSPS) is 44.9. The maximum absolute atomic E-state index is 14.2. The van der Waals surface area contributed by atoms with Gasteiger partial charge in [0, 0.05) is 29.6 Å². The third-order valence-electron chi connectivity index (χ3n) is 11.8. The second-order valence-electron chi connectivity index (χ2n) is 14.7. The predicted molar refractivity (Wildman–Crippen MR) is 140 cm³/mol. The molecular formula is C30H46O8. The molecule has 38 heavy (non-hydrogen) atoms. The average Bonchev–Trinajstić information content (AvgIpc) is 2.97. The standard InChI is InChI=1S/C30H46O8/c1-25(2)15-9-10-19-27(5)13-18(32)23(30(8,38)21(34)12-20(33)26(3,4)37)28(27,6)14-22(35)29(19,7)16(15)11-17(31)24(25)36/h9,16-20,23,31-33,37-38H,10-14H2,1-8H3/t16-,17+,18+,19+,20?,23+,27+,28-,29+,30-/m1/s1. The van der Waals surface area contributed by atoms with Crippen LogP contribution >= 0.6 is 0 Å². The molecule has 3 saturated carbocycles. The molecule has 0 aliphatic heterocycles. The molecule has 8 nitrogen and oxygen atoms in total. The summed E-state index contributed by atoms with van der Waals surface area (Å²) in [5, 5.41) is 54.3. The monoisotopic (exact) mass is 534 g/mol. The van der Waals surface area contributed by atoms with Gasteiger partial charge in [0.2, 0.25) is 0 Å². The number of carbonyl (C=O) groups is 3. The summed E-state index contributed by atoms with van der Waals surface area (Å²) in [6, 6.07) is 0. The Labute approximate surface area is 225 Å². The third-order valence-corrected chi connectivity index (χ3v) is 11.8. The Morgan fingerprint density at radius 3 is 2.18 bits per heavy atom. The Morgan fingerprint density at radius 1 is 1.05 bits per heavy atom. The largest absolute Gasteiger partial charge is 0.393 e. The molecule has 0 bridgehead atoms. The van der Waals surface area contributed by atoms with Gasteiger partial charge in [0.1, 0.15) is 17.5 Å². The minimum absolute atomic E-state index is 0.0317. The number of carbonyl (C=O) groups excluding carboxylic acids is 3. The van der Waals surface area contributed by atoms with Crippen LogP contribution in [0.4, 0.5) is 0 Å². The lowest BCUT2D eigenvalue weighted by atomic mass is 9.38. The number of aliphatic hydroxyl groups is 5. The molecule has 5 N–H and O–H groups in total. The van der Waals surface area contributed by atoms with Crippen LogP contribution in [-0.2, 0) is 14.4 Å². The number of rotatable bonds is 5. The smallest absolute Gasteiger partial charge is 0.170 e. The molecular weight excluding hydrogens is 488 g/mol. The average molecular weight is 535 g/mol. The van der Waals surface area contributed by atoms with Crippen LogP contribution in [0.3, 0.4) is 0 Å². The van der Waals surface area contributed by atoms with Crippen molar-refractivity contribution in [1.29, 1.82) is 0 Å². The van der Waals surface area contributed by atoms with Gasteiger partial charge >= 0.3 is 0 Å². The second-order valence-corrected chi connectivity index (χ2v) is 14.7. The summed E-state index contributed by atoms with van der Waals surface area (Å²) < 4.78 is 0. The van der Waals surface area contributed by atoms with Crippen molar-refractivity contribution in [2.45, 2.75) is 117 Å². The molecule has 0 radical (unpaired) electrons. The predicted octanol–water partition coefficient (Wildman–Crippen LogP) is 2.12. The zero-order chi connectivity index (χ0) is 29.0. The van der Waals surface area contributed by atoms with E-state index in [4.69, 9.17) is 0 Å². The van der Waals surface area contributed by atoms with Crippen LogP contribution < -0.4 is 0 Å². The molecule has 0 amide bonds. The highest BCUT2D eigenvalue weighted by Crippen LogP contribution is 2.74. The minimum Gasteiger partial charge on any atom is -0.393 e. The molecule has 0 spiro atoms. The Bertz CT molecular complexity index is 1080. The number of ketones is 3. The summed E-state index contributed by atoms with van der Waals surface area (Å²) in [6.45, 7) is 13.6. The van der Waals surface area contributed by atoms with Gasteiger partial charge in [0.15, 0.2) is 11.6 Å². The molecule has 1 unspecified atom stereocenters. The first-order valence-electron chi connectivity index (χ1n) is 13.9. The quantitative estimate of drug-likeness (QED) is 0.336. The van der Waals surface area contributed by atoms with Gasteiger partial charge in [0.25, 0.3) is 0 Å². The van der Waals surface area contributed by atoms with Gasteiger partial charge in [-0.25, -0.2) is 0 Å². The molecule has 0 aromatic rings. The SMILES string of the molecule is CC1(C)C(=O)[C@@H](O)C[C@@H]2C1=CC[C@@H]1[C@@]2(C)C(=O)C[C@]2(C)[C@@H]([C@](C)(O)C(=O)CC(O)C(C)(C)O)[C@@H](O)C[C@@]12C. The van der Waals surface area contributed by atoms with Crippen LogP contribution in [0.15, 0.2) is 11.6 Å². The lowest BCUT2D eigenvalue weighted by Crippen LogP contribution is -2.65. The summed E-state index contributed by atoms with van der Waals surface area (Å²) in [5.41, 5.74) is -6.03. The zero-order valence-corrected chi connectivity index (χ0v) is 24.0. The van der Waals surface area contributed by atoms with E-state index in [1.165, 1.54) is 20.8 Å². The van der Waals surface area contributed by atoms with Gasteiger partial charge < -0.3 is 25.5 Å². The molecule has 4 aliphatic carbocycles. The van der Waals surface area contributed by atoms with E-state index in [9.17, 15) is 39.9 Å². The number of hydrogen-bond acceptors (Lipinski definition) is 8. The highest BCUT2D eigenvalue weighted by molar-refractivity contribution is 5.95. The number of aliphatic hydroxyl groups excluding tert-OH is 3. The Hall–Kier alpha value is -1.45. The van der Waals surface area contributed by atoms with E-state index in [0.717, 1.165) is 5.57 Å². The molecule has 4 aliphatic rings. The lowest BCUT2D eigenvalue weighted by molar-refractivity contribution is -0.186. The van der Waals surface area contributed by atoms with Gasteiger partial charge in [-0.05, 0) is 76.5 Å². The maximum atomic E-state index is 14.2. The van der Waals surface area contributed by atoms with Crippen molar-refractivity contribution >= 4 is 17.3 Å². The summed E-state index contributed by atoms with van der Waals surface area (Å²) in [7, 11) is 0. The zero-order valence-electron chi connectivity index (χ0n) is 24.0. The van der Waals surface area contributed by atoms with Gasteiger partial charge in [-0.15, -0.1) is 0 Å². The van der Waals surface area contributed by atoms with Gasteiger partial charge in [-0.3, -0.25) is 14.4 Å². The van der Waals surface area contributed by atoms with E-state index in [0.29, 0.717) is 6.42 Å². The summed E-state index contributed by atoms with van der Waals surface area (Å²) >= 11 is 0. The van der Waals surface area contributed by atoms with Crippen molar-refractivity contribution < 1.29 is 39.9 Å². The molecule has 0 heterocycles. The number of Topliss-reactive ketones (excluding diaryl/α,β-unsaturated/α-hetero) is 3. The fraction of sp³-hybridized carbons (Fsp3) is 0.833. The van der Waals surface area contributed by atoms with E-state index >= 15 is 0 Å². The molecule has 214 valence electrons. The van der Waals surface area contributed by atoms with Crippen LogP contribution in [0.5, 0.6) is 0 Å². The van der Waals surface area contributed by atoms with Crippen molar-refractivity contribution in [3.63, 3.8) is 0 Å². The van der Waals surface area contributed by atoms with E-state index in [-0.39, 0.29) is 42.7 Å². The topological polar surface area (TPSA) is 152 Å². The number of allylic oxidation sites excluding steroid dienone is 2. The van der Waals surface area contributed by atoms with E-state index < -0.39 is 69.3 Å². The first-order valence-corrected chi connectivity index (χ1v) is 13.9. The van der Waals surface area contributed by atoms with E-state index in [1.807, 2.05) is 26.8 Å². The van der Waals surface area contributed by atoms with Crippen LogP contribution in [0.2, 0.25) is 0 Å². The third kappa shape index (κ3) is 3.70. The van der Waals surface area contributed by atoms with Crippen molar-refractivity contribution in [2.75, 3.05) is 0 Å². The molecule has 10 atom stereocenters. The first-order chi connectivity index (χ1) is 17.1. The summed E-state index contributed by atoms with van der Waals surface area (Å²) in [6.07, 6.45) is -1.07. The van der Waals surface area contributed by atoms with E-state index in [2.05, 4.69) is 0 Å².